The van der Waals surface area contributed by atoms with Gasteiger partial charge in [-0.3, -0.25) is 0 Å². The Balaban J connectivity index is 1.57. The Hall–Kier alpha value is -0.160. The number of ether oxygens (including phenoxy) is 1. The first-order chi connectivity index (χ1) is 9.89. The van der Waals surface area contributed by atoms with Gasteiger partial charge >= 0.3 is 0 Å². The van der Waals surface area contributed by atoms with Gasteiger partial charge in [-0.25, -0.2) is 0 Å². The minimum Gasteiger partial charge on any atom is -0.389 e. The van der Waals surface area contributed by atoms with Gasteiger partial charge in [0, 0.05) is 13.1 Å². The lowest BCUT2D eigenvalue weighted by Crippen LogP contribution is -2.47. The van der Waals surface area contributed by atoms with Crippen molar-refractivity contribution >= 4 is 0 Å². The highest BCUT2D eigenvalue weighted by Gasteiger charge is 2.36. The molecule has 2 fully saturated rings. The summed E-state index contributed by atoms with van der Waals surface area (Å²) < 4.78 is 5.71. The topological polar surface area (TPSA) is 61.7 Å². The summed E-state index contributed by atoms with van der Waals surface area (Å²) in [5.41, 5.74) is -0.234. The molecule has 2 saturated carbocycles. The van der Waals surface area contributed by atoms with Crippen LogP contribution in [0, 0.1) is 5.41 Å². The predicted molar refractivity (Wildman–Crippen MR) is 84.3 cm³/mol. The van der Waals surface area contributed by atoms with E-state index in [4.69, 9.17) is 4.74 Å². The molecular weight excluding hydrogens is 266 g/mol. The zero-order valence-corrected chi connectivity index (χ0v) is 13.7. The monoisotopic (exact) mass is 299 g/mol. The molecule has 2 rings (SSSR count). The zero-order valence-electron chi connectivity index (χ0n) is 13.7. The lowest BCUT2D eigenvalue weighted by molar-refractivity contribution is -0.0316. The molecule has 3 N–H and O–H groups in total. The molecule has 2 aliphatic carbocycles. The summed E-state index contributed by atoms with van der Waals surface area (Å²) >= 11 is 0. The predicted octanol–water partition coefficient (Wildman–Crippen LogP) is 2.23. The van der Waals surface area contributed by atoms with Crippen molar-refractivity contribution in [2.24, 2.45) is 5.41 Å². The molecule has 0 aromatic heterocycles. The van der Waals surface area contributed by atoms with Gasteiger partial charge in [0.1, 0.15) is 0 Å². The summed E-state index contributed by atoms with van der Waals surface area (Å²) in [5.74, 6) is 0. The maximum atomic E-state index is 10.5. The fraction of sp³-hybridized carbons (Fsp3) is 1.00. The molecular formula is C17H33NO3. The van der Waals surface area contributed by atoms with E-state index in [0.717, 1.165) is 38.5 Å². The smallest absolute Gasteiger partial charge is 0.0897 e. The Morgan fingerprint density at radius 1 is 1.14 bits per heavy atom. The molecule has 4 heteroatoms. The molecule has 2 aliphatic rings. The van der Waals surface area contributed by atoms with Gasteiger partial charge in [0.25, 0.3) is 0 Å². The maximum Gasteiger partial charge on any atom is 0.0897 e. The van der Waals surface area contributed by atoms with Gasteiger partial charge in [-0.2, -0.15) is 0 Å². The van der Waals surface area contributed by atoms with E-state index in [1.54, 1.807) is 0 Å². The Morgan fingerprint density at radius 2 is 1.76 bits per heavy atom. The molecule has 0 heterocycles. The second-order valence-corrected chi connectivity index (χ2v) is 7.91. The van der Waals surface area contributed by atoms with E-state index in [-0.39, 0.29) is 0 Å². The molecule has 0 radical (unpaired) electrons. The highest BCUT2D eigenvalue weighted by molar-refractivity contribution is 4.90. The SMILES string of the molecule is CC1(C)CCC(O)(CNCC(O)COC2CCCC2)CC1. The van der Waals surface area contributed by atoms with E-state index in [1.807, 2.05) is 0 Å². The summed E-state index contributed by atoms with van der Waals surface area (Å²) in [7, 11) is 0. The number of nitrogens with one attached hydrogen (secondary N) is 1. The van der Waals surface area contributed by atoms with Gasteiger partial charge in [0.05, 0.1) is 24.4 Å². The molecule has 0 amide bonds. The van der Waals surface area contributed by atoms with Crippen LogP contribution < -0.4 is 5.32 Å². The molecule has 1 atom stereocenters. The molecule has 0 spiro atoms. The van der Waals surface area contributed by atoms with Crippen molar-refractivity contribution in [1.29, 1.82) is 0 Å². The molecule has 1 unspecified atom stereocenters. The Bertz CT molecular complexity index is 303. The van der Waals surface area contributed by atoms with Crippen LogP contribution >= 0.6 is 0 Å². The highest BCUT2D eigenvalue weighted by Crippen LogP contribution is 2.39. The minimum atomic E-state index is -0.596. The van der Waals surface area contributed by atoms with Crippen molar-refractivity contribution in [2.45, 2.75) is 83.0 Å². The number of hydrogen-bond donors (Lipinski definition) is 3. The number of aliphatic hydroxyl groups is 2. The zero-order chi connectivity index (χ0) is 15.3. The van der Waals surface area contributed by atoms with Crippen LogP contribution in [0.4, 0.5) is 0 Å². The lowest BCUT2D eigenvalue weighted by atomic mass is 9.71. The van der Waals surface area contributed by atoms with Crippen LogP contribution in [0.25, 0.3) is 0 Å². The third-order valence-corrected chi connectivity index (χ3v) is 5.19. The molecule has 0 aliphatic heterocycles. The van der Waals surface area contributed by atoms with Crippen LogP contribution in [-0.2, 0) is 4.74 Å². The van der Waals surface area contributed by atoms with Crippen molar-refractivity contribution in [3.8, 4) is 0 Å². The van der Waals surface area contributed by atoms with Gasteiger partial charge in [0.2, 0.25) is 0 Å². The summed E-state index contributed by atoms with van der Waals surface area (Å²) in [4.78, 5) is 0. The molecule has 0 bridgehead atoms. The van der Waals surface area contributed by atoms with E-state index in [1.165, 1.54) is 12.8 Å². The summed E-state index contributed by atoms with van der Waals surface area (Å²) in [6, 6.07) is 0. The van der Waals surface area contributed by atoms with E-state index < -0.39 is 11.7 Å². The van der Waals surface area contributed by atoms with Crippen LogP contribution in [0.5, 0.6) is 0 Å². The van der Waals surface area contributed by atoms with Gasteiger partial charge < -0.3 is 20.3 Å². The first-order valence-electron chi connectivity index (χ1n) is 8.61. The first-order valence-corrected chi connectivity index (χ1v) is 8.61. The fourth-order valence-electron chi connectivity index (χ4n) is 3.40. The Kier molecular flexibility index (Phi) is 6.06. The largest absolute Gasteiger partial charge is 0.389 e. The first kappa shape index (κ1) is 17.2. The van der Waals surface area contributed by atoms with Crippen LogP contribution in [-0.4, -0.2) is 47.7 Å². The van der Waals surface area contributed by atoms with Gasteiger partial charge in [0.15, 0.2) is 0 Å². The minimum absolute atomic E-state index is 0.351. The average Bonchev–Trinajstić information content (AvgIpc) is 2.94. The lowest BCUT2D eigenvalue weighted by Gasteiger charge is -2.40. The van der Waals surface area contributed by atoms with Crippen molar-refractivity contribution in [2.75, 3.05) is 19.7 Å². The van der Waals surface area contributed by atoms with Crippen LogP contribution in [0.2, 0.25) is 0 Å². The molecule has 4 nitrogen and oxygen atoms in total. The number of rotatable bonds is 7. The van der Waals surface area contributed by atoms with E-state index in [2.05, 4.69) is 19.2 Å². The molecule has 0 aromatic carbocycles. The van der Waals surface area contributed by atoms with E-state index in [9.17, 15) is 10.2 Å². The second kappa shape index (κ2) is 7.40. The van der Waals surface area contributed by atoms with Crippen LogP contribution in [0.1, 0.15) is 65.2 Å². The van der Waals surface area contributed by atoms with Gasteiger partial charge in [-0.1, -0.05) is 26.7 Å². The maximum absolute atomic E-state index is 10.5. The average molecular weight is 299 g/mol. The van der Waals surface area contributed by atoms with Crippen molar-refractivity contribution in [1.82, 2.24) is 5.32 Å². The summed E-state index contributed by atoms with van der Waals surface area (Å²) in [6.07, 6.45) is 8.48. The normalized spacial score (nSPS) is 26.9. The Labute approximate surface area is 129 Å². The molecule has 124 valence electrons. The van der Waals surface area contributed by atoms with E-state index >= 15 is 0 Å². The van der Waals surface area contributed by atoms with Crippen molar-refractivity contribution < 1.29 is 14.9 Å². The van der Waals surface area contributed by atoms with Crippen LogP contribution in [0.15, 0.2) is 0 Å². The highest BCUT2D eigenvalue weighted by atomic mass is 16.5. The summed E-state index contributed by atoms with van der Waals surface area (Å²) in [6.45, 7) is 6.01. The third-order valence-electron chi connectivity index (χ3n) is 5.19. The number of aliphatic hydroxyl groups excluding tert-OH is 1. The fourth-order valence-corrected chi connectivity index (χ4v) is 3.40. The molecule has 0 saturated heterocycles. The molecule has 0 aromatic rings. The number of hydrogen-bond acceptors (Lipinski definition) is 4. The third kappa shape index (κ3) is 5.85. The summed E-state index contributed by atoms with van der Waals surface area (Å²) in [5, 5.41) is 23.7. The second-order valence-electron chi connectivity index (χ2n) is 7.91. The Morgan fingerprint density at radius 3 is 2.38 bits per heavy atom. The van der Waals surface area contributed by atoms with Crippen molar-refractivity contribution in [3.05, 3.63) is 0 Å². The standard InChI is InChI=1S/C17H33NO3/c1-16(2)7-9-17(20,10-8-16)13-18-11-14(19)12-21-15-5-3-4-6-15/h14-15,18-20H,3-13H2,1-2H3. The van der Waals surface area contributed by atoms with Gasteiger partial charge in [-0.15, -0.1) is 0 Å². The molecule has 21 heavy (non-hydrogen) atoms. The van der Waals surface area contributed by atoms with E-state index in [0.29, 0.717) is 31.2 Å². The van der Waals surface area contributed by atoms with Gasteiger partial charge in [-0.05, 0) is 43.9 Å². The quantitative estimate of drug-likeness (QED) is 0.674. The van der Waals surface area contributed by atoms with Crippen LogP contribution in [0.3, 0.4) is 0 Å². The van der Waals surface area contributed by atoms with Crippen molar-refractivity contribution in [3.63, 3.8) is 0 Å².